The predicted octanol–water partition coefficient (Wildman–Crippen LogP) is 2.87. The molecule has 0 unspecified atom stereocenters. The van der Waals surface area contributed by atoms with Gasteiger partial charge in [-0.1, -0.05) is 19.4 Å². The second-order valence-corrected chi connectivity index (χ2v) is 3.76. The Labute approximate surface area is 90.9 Å². The fourth-order valence-electron chi connectivity index (χ4n) is 1.67. The lowest BCUT2D eigenvalue weighted by molar-refractivity contribution is -0.107. The van der Waals surface area contributed by atoms with Crippen LogP contribution >= 0.6 is 0 Å². The first kappa shape index (κ1) is 11.8. The molecule has 2 nitrogen and oxygen atoms in total. The monoisotopic (exact) mass is 206 g/mol. The molecule has 0 radical (unpaired) electrons. The standard InChI is InChI=1S/C13H18O2/c1-2-3-5-12-10-13(15)8-7-11(12)6-4-9-14/h7-10,15H,2-6H2,1H3. The predicted molar refractivity (Wildman–Crippen MR) is 61.1 cm³/mol. The van der Waals surface area contributed by atoms with E-state index in [1.165, 1.54) is 11.1 Å². The van der Waals surface area contributed by atoms with Gasteiger partial charge < -0.3 is 9.90 Å². The first-order chi connectivity index (χ1) is 7.27. The summed E-state index contributed by atoms with van der Waals surface area (Å²) in [4.78, 5) is 10.3. The van der Waals surface area contributed by atoms with Crippen LogP contribution in [0.25, 0.3) is 0 Å². The molecule has 1 rings (SSSR count). The number of hydrogen-bond acceptors (Lipinski definition) is 2. The van der Waals surface area contributed by atoms with Gasteiger partial charge in [0.2, 0.25) is 0 Å². The second-order valence-electron chi connectivity index (χ2n) is 3.76. The van der Waals surface area contributed by atoms with Crippen molar-refractivity contribution in [2.45, 2.75) is 39.0 Å². The molecule has 1 N–H and O–H groups in total. The summed E-state index contributed by atoms with van der Waals surface area (Å²) in [5.41, 5.74) is 2.37. The molecule has 0 spiro atoms. The van der Waals surface area contributed by atoms with Crippen molar-refractivity contribution in [3.05, 3.63) is 29.3 Å². The Morgan fingerprint density at radius 2 is 2.07 bits per heavy atom. The molecule has 2 heteroatoms. The number of aldehydes is 1. The van der Waals surface area contributed by atoms with E-state index in [1.807, 2.05) is 12.1 Å². The third-order valence-electron chi connectivity index (χ3n) is 2.52. The average Bonchev–Trinajstić information content (AvgIpc) is 2.25. The quantitative estimate of drug-likeness (QED) is 0.727. The minimum atomic E-state index is 0.316. The molecule has 0 fully saturated rings. The Bertz CT molecular complexity index is 318. The van der Waals surface area contributed by atoms with Gasteiger partial charge in [-0.25, -0.2) is 0 Å². The smallest absolute Gasteiger partial charge is 0.120 e. The lowest BCUT2D eigenvalue weighted by Crippen LogP contribution is -1.95. The van der Waals surface area contributed by atoms with Crippen LogP contribution in [0.15, 0.2) is 18.2 Å². The van der Waals surface area contributed by atoms with E-state index < -0.39 is 0 Å². The van der Waals surface area contributed by atoms with Crippen LogP contribution in [0.5, 0.6) is 5.75 Å². The maximum atomic E-state index is 10.3. The van der Waals surface area contributed by atoms with Crippen molar-refractivity contribution in [1.82, 2.24) is 0 Å². The van der Waals surface area contributed by atoms with E-state index >= 15 is 0 Å². The highest BCUT2D eigenvalue weighted by atomic mass is 16.3. The van der Waals surface area contributed by atoms with E-state index in [0.29, 0.717) is 12.2 Å². The van der Waals surface area contributed by atoms with Crippen LogP contribution in [0.1, 0.15) is 37.3 Å². The van der Waals surface area contributed by atoms with Crippen molar-refractivity contribution >= 4 is 6.29 Å². The van der Waals surface area contributed by atoms with Gasteiger partial charge in [-0.3, -0.25) is 0 Å². The Balaban J connectivity index is 2.77. The van der Waals surface area contributed by atoms with Crippen LogP contribution in [0.2, 0.25) is 0 Å². The van der Waals surface area contributed by atoms with Crippen LogP contribution in [-0.2, 0) is 17.6 Å². The van der Waals surface area contributed by atoms with Crippen molar-refractivity contribution in [3.63, 3.8) is 0 Å². The molecular weight excluding hydrogens is 188 g/mol. The number of aryl methyl sites for hydroxylation is 2. The maximum absolute atomic E-state index is 10.3. The fraction of sp³-hybridized carbons (Fsp3) is 0.462. The average molecular weight is 206 g/mol. The van der Waals surface area contributed by atoms with Gasteiger partial charge in [-0.2, -0.15) is 0 Å². The zero-order valence-electron chi connectivity index (χ0n) is 9.20. The highest BCUT2D eigenvalue weighted by molar-refractivity contribution is 5.50. The number of benzene rings is 1. The highest BCUT2D eigenvalue weighted by Gasteiger charge is 2.03. The summed E-state index contributed by atoms with van der Waals surface area (Å²) in [6.45, 7) is 2.15. The number of carbonyl (C=O) groups is 1. The molecule has 0 aliphatic heterocycles. The van der Waals surface area contributed by atoms with Crippen LogP contribution in [0.3, 0.4) is 0 Å². The van der Waals surface area contributed by atoms with Gasteiger partial charge in [0, 0.05) is 6.42 Å². The SMILES string of the molecule is CCCCc1cc(O)ccc1CCC=O. The summed E-state index contributed by atoms with van der Waals surface area (Å²) in [5, 5.41) is 9.39. The molecule has 15 heavy (non-hydrogen) atoms. The van der Waals surface area contributed by atoms with Crippen molar-refractivity contribution in [2.75, 3.05) is 0 Å². The minimum Gasteiger partial charge on any atom is -0.508 e. The number of rotatable bonds is 6. The molecule has 0 aliphatic carbocycles. The first-order valence-electron chi connectivity index (χ1n) is 5.52. The topological polar surface area (TPSA) is 37.3 Å². The van der Waals surface area contributed by atoms with Gasteiger partial charge in [0.15, 0.2) is 0 Å². The van der Waals surface area contributed by atoms with Gasteiger partial charge >= 0.3 is 0 Å². The summed E-state index contributed by atoms with van der Waals surface area (Å²) in [6.07, 6.45) is 5.53. The Morgan fingerprint density at radius 3 is 2.73 bits per heavy atom. The van der Waals surface area contributed by atoms with Crippen LogP contribution in [0, 0.1) is 0 Å². The molecule has 0 saturated heterocycles. The zero-order valence-corrected chi connectivity index (χ0v) is 9.20. The lowest BCUT2D eigenvalue weighted by atomic mass is 9.98. The summed E-state index contributed by atoms with van der Waals surface area (Å²) in [7, 11) is 0. The lowest BCUT2D eigenvalue weighted by Gasteiger charge is -2.08. The molecule has 0 bridgehead atoms. The molecule has 0 amide bonds. The van der Waals surface area contributed by atoms with Gasteiger partial charge in [-0.15, -0.1) is 0 Å². The molecule has 0 atom stereocenters. The molecule has 0 heterocycles. The van der Waals surface area contributed by atoms with Crippen molar-refractivity contribution < 1.29 is 9.90 Å². The summed E-state index contributed by atoms with van der Waals surface area (Å²) < 4.78 is 0. The molecule has 0 aliphatic rings. The van der Waals surface area contributed by atoms with E-state index in [-0.39, 0.29) is 0 Å². The minimum absolute atomic E-state index is 0.316. The molecule has 0 aromatic heterocycles. The summed E-state index contributed by atoms with van der Waals surface area (Å²) >= 11 is 0. The molecule has 1 aromatic carbocycles. The fourth-order valence-corrected chi connectivity index (χ4v) is 1.67. The Morgan fingerprint density at radius 1 is 1.27 bits per heavy atom. The summed E-state index contributed by atoms with van der Waals surface area (Å²) in [5.74, 6) is 0.316. The van der Waals surface area contributed by atoms with Gasteiger partial charge in [0.1, 0.15) is 12.0 Å². The number of aromatic hydroxyl groups is 1. The maximum Gasteiger partial charge on any atom is 0.120 e. The van der Waals surface area contributed by atoms with Crippen LogP contribution < -0.4 is 0 Å². The van der Waals surface area contributed by atoms with Gasteiger partial charge in [0.25, 0.3) is 0 Å². The van der Waals surface area contributed by atoms with Gasteiger partial charge in [-0.05, 0) is 42.5 Å². The van der Waals surface area contributed by atoms with E-state index in [4.69, 9.17) is 0 Å². The van der Waals surface area contributed by atoms with Gasteiger partial charge in [0.05, 0.1) is 0 Å². The van der Waals surface area contributed by atoms with E-state index in [2.05, 4.69) is 6.92 Å². The number of phenolic OH excluding ortho intramolecular Hbond substituents is 1. The highest BCUT2D eigenvalue weighted by Crippen LogP contribution is 2.19. The normalized spacial score (nSPS) is 10.2. The van der Waals surface area contributed by atoms with E-state index in [0.717, 1.165) is 32.0 Å². The summed E-state index contributed by atoms with van der Waals surface area (Å²) in [6, 6.07) is 5.43. The molecule has 82 valence electrons. The van der Waals surface area contributed by atoms with Crippen molar-refractivity contribution in [1.29, 1.82) is 0 Å². The number of unbranched alkanes of at least 4 members (excludes halogenated alkanes) is 1. The first-order valence-corrected chi connectivity index (χ1v) is 5.52. The number of carbonyl (C=O) groups excluding carboxylic acids is 1. The van der Waals surface area contributed by atoms with E-state index in [9.17, 15) is 9.90 Å². The third kappa shape index (κ3) is 3.74. The second kappa shape index (κ2) is 6.23. The molecular formula is C13H18O2. The largest absolute Gasteiger partial charge is 0.508 e. The van der Waals surface area contributed by atoms with Crippen molar-refractivity contribution in [3.8, 4) is 5.75 Å². The number of hydrogen-bond donors (Lipinski definition) is 1. The van der Waals surface area contributed by atoms with Crippen LogP contribution in [-0.4, -0.2) is 11.4 Å². The van der Waals surface area contributed by atoms with Crippen LogP contribution in [0.4, 0.5) is 0 Å². The Kier molecular flexibility index (Phi) is 4.88. The molecule has 0 saturated carbocycles. The Hall–Kier alpha value is -1.31. The van der Waals surface area contributed by atoms with Crippen molar-refractivity contribution in [2.24, 2.45) is 0 Å². The van der Waals surface area contributed by atoms with E-state index in [1.54, 1.807) is 6.07 Å². The number of phenols is 1. The zero-order chi connectivity index (χ0) is 11.1. The molecule has 1 aromatic rings. The third-order valence-corrected chi connectivity index (χ3v) is 2.52.